The third-order valence-corrected chi connectivity index (χ3v) is 3.07. The molecule has 0 radical (unpaired) electrons. The van der Waals surface area contributed by atoms with Crippen molar-refractivity contribution >= 4 is 23.6 Å². The van der Waals surface area contributed by atoms with Gasteiger partial charge < -0.3 is 4.98 Å². The molecule has 8 heteroatoms. The monoisotopic (exact) mass is 305 g/mol. The van der Waals surface area contributed by atoms with Crippen LogP contribution in [-0.4, -0.2) is 32.1 Å². The van der Waals surface area contributed by atoms with Gasteiger partial charge in [0.15, 0.2) is 0 Å². The molecule has 21 heavy (non-hydrogen) atoms. The van der Waals surface area contributed by atoms with Gasteiger partial charge in [-0.15, -0.1) is 0 Å². The summed E-state index contributed by atoms with van der Waals surface area (Å²) in [6.45, 7) is 3.62. The van der Waals surface area contributed by atoms with Crippen LogP contribution in [0.1, 0.15) is 27.7 Å². The highest BCUT2D eigenvalue weighted by atomic mass is 32.2. The van der Waals surface area contributed by atoms with Crippen molar-refractivity contribution in [2.75, 3.05) is 11.6 Å². The number of hydrogen-bond acceptors (Lipinski definition) is 6. The fourth-order valence-electron chi connectivity index (χ4n) is 1.78. The molecule has 2 aromatic heterocycles. The van der Waals surface area contributed by atoms with Gasteiger partial charge in [-0.1, -0.05) is 0 Å². The molecule has 0 fully saturated rings. The zero-order valence-electron chi connectivity index (χ0n) is 11.9. The van der Waals surface area contributed by atoms with Gasteiger partial charge in [-0.25, -0.2) is 15.0 Å². The number of anilines is 1. The Balaban J connectivity index is 2.25. The molecule has 1 amide bonds. The minimum atomic E-state index is -0.506. The van der Waals surface area contributed by atoms with Crippen LogP contribution in [0.3, 0.4) is 0 Å². The molecule has 110 valence electrons. The Labute approximate surface area is 125 Å². The van der Waals surface area contributed by atoms with Crippen LogP contribution in [-0.2, 0) is 5.75 Å². The normalized spacial score (nSPS) is 10.4. The molecule has 0 saturated carbocycles. The minimum Gasteiger partial charge on any atom is -0.310 e. The lowest BCUT2D eigenvalue weighted by Crippen LogP contribution is -2.21. The second-order valence-corrected chi connectivity index (χ2v) is 5.30. The number of nitrogens with zero attached hydrogens (tertiary/aromatic N) is 3. The highest BCUT2D eigenvalue weighted by Gasteiger charge is 2.12. The first-order valence-electron chi connectivity index (χ1n) is 6.21. The molecule has 0 atom stereocenters. The Bertz CT molecular complexity index is 708. The lowest BCUT2D eigenvalue weighted by molar-refractivity contribution is 0.102. The SMILES string of the molecule is CSCc1nc(C(=O)Nc2nc(C)cc(C)n2)cc(=O)[nH]1. The van der Waals surface area contributed by atoms with E-state index in [1.807, 2.05) is 20.1 Å². The van der Waals surface area contributed by atoms with Crippen LogP contribution < -0.4 is 10.9 Å². The molecule has 0 aliphatic heterocycles. The quantitative estimate of drug-likeness (QED) is 0.883. The number of thioether (sulfide) groups is 1. The minimum absolute atomic E-state index is 0.0468. The van der Waals surface area contributed by atoms with Crippen LogP contribution in [0.5, 0.6) is 0 Å². The first kappa shape index (κ1) is 15.2. The van der Waals surface area contributed by atoms with E-state index in [2.05, 4.69) is 25.3 Å². The number of aromatic amines is 1. The molecule has 0 saturated heterocycles. The summed E-state index contributed by atoms with van der Waals surface area (Å²) in [4.78, 5) is 38.6. The van der Waals surface area contributed by atoms with Crippen molar-refractivity contribution in [1.29, 1.82) is 0 Å². The van der Waals surface area contributed by atoms with Crippen molar-refractivity contribution in [3.05, 3.63) is 45.4 Å². The summed E-state index contributed by atoms with van der Waals surface area (Å²) in [5.41, 5.74) is 1.19. The highest BCUT2D eigenvalue weighted by Crippen LogP contribution is 2.06. The Kier molecular flexibility index (Phi) is 4.69. The molecule has 0 aliphatic rings. The average molecular weight is 305 g/mol. The van der Waals surface area contributed by atoms with Crippen LogP contribution in [0.15, 0.2) is 16.9 Å². The van der Waals surface area contributed by atoms with Crippen molar-refractivity contribution in [3.63, 3.8) is 0 Å². The van der Waals surface area contributed by atoms with Crippen molar-refractivity contribution in [2.24, 2.45) is 0 Å². The molecule has 2 aromatic rings. The van der Waals surface area contributed by atoms with Crippen molar-refractivity contribution in [1.82, 2.24) is 19.9 Å². The maximum atomic E-state index is 12.1. The number of carbonyl (C=O) groups is 1. The summed E-state index contributed by atoms with van der Waals surface area (Å²) < 4.78 is 0. The molecule has 0 aromatic carbocycles. The van der Waals surface area contributed by atoms with Crippen LogP contribution in [0, 0.1) is 13.8 Å². The lowest BCUT2D eigenvalue weighted by atomic mass is 10.3. The first-order valence-corrected chi connectivity index (χ1v) is 7.60. The van der Waals surface area contributed by atoms with E-state index >= 15 is 0 Å². The van der Waals surface area contributed by atoms with E-state index < -0.39 is 5.91 Å². The van der Waals surface area contributed by atoms with Gasteiger partial charge >= 0.3 is 0 Å². The van der Waals surface area contributed by atoms with Crippen LogP contribution in [0.25, 0.3) is 0 Å². The smallest absolute Gasteiger partial charge is 0.276 e. The van der Waals surface area contributed by atoms with Crippen molar-refractivity contribution < 1.29 is 4.79 Å². The van der Waals surface area contributed by atoms with E-state index in [-0.39, 0.29) is 17.2 Å². The van der Waals surface area contributed by atoms with E-state index in [1.165, 1.54) is 11.8 Å². The molecular weight excluding hydrogens is 290 g/mol. The largest absolute Gasteiger partial charge is 0.310 e. The highest BCUT2D eigenvalue weighted by molar-refractivity contribution is 7.97. The number of H-pyrrole nitrogens is 1. The molecular formula is C13H15N5O2S. The topological polar surface area (TPSA) is 101 Å². The standard InChI is InChI=1S/C13H15N5O2S/c1-7-4-8(2)15-13(14-7)18-12(20)9-5-11(19)17-10(16-9)6-21-3/h4-5H,6H2,1-3H3,(H,16,17,19)(H,14,15,18,20). The molecule has 2 rings (SSSR count). The van der Waals surface area contributed by atoms with E-state index in [0.717, 1.165) is 17.5 Å². The summed E-state index contributed by atoms with van der Waals surface area (Å²) in [6.07, 6.45) is 1.89. The predicted octanol–water partition coefficient (Wildman–Crippen LogP) is 1.29. The molecule has 2 heterocycles. The third-order valence-electron chi connectivity index (χ3n) is 2.51. The number of hydrogen-bond donors (Lipinski definition) is 2. The zero-order valence-corrected chi connectivity index (χ0v) is 12.7. The lowest BCUT2D eigenvalue weighted by Gasteiger charge is -2.06. The number of amides is 1. The Morgan fingerprint density at radius 2 is 1.90 bits per heavy atom. The summed E-state index contributed by atoms with van der Waals surface area (Å²) in [5.74, 6) is 0.678. The van der Waals surface area contributed by atoms with Crippen LogP contribution >= 0.6 is 11.8 Å². The van der Waals surface area contributed by atoms with Gasteiger partial charge in [0.25, 0.3) is 11.5 Å². The third kappa shape index (κ3) is 4.12. The van der Waals surface area contributed by atoms with Gasteiger partial charge in [0.1, 0.15) is 11.5 Å². The van der Waals surface area contributed by atoms with Gasteiger partial charge in [-0.05, 0) is 26.2 Å². The molecule has 0 bridgehead atoms. The predicted molar refractivity (Wildman–Crippen MR) is 81.5 cm³/mol. The van der Waals surface area contributed by atoms with Crippen LogP contribution in [0.4, 0.5) is 5.95 Å². The second-order valence-electron chi connectivity index (χ2n) is 4.44. The Morgan fingerprint density at radius 3 is 2.52 bits per heavy atom. The summed E-state index contributed by atoms with van der Waals surface area (Å²) in [7, 11) is 0. The Hall–Kier alpha value is -2.22. The van der Waals surface area contributed by atoms with Crippen molar-refractivity contribution in [3.8, 4) is 0 Å². The van der Waals surface area contributed by atoms with Crippen molar-refractivity contribution in [2.45, 2.75) is 19.6 Å². The van der Waals surface area contributed by atoms with Crippen LogP contribution in [0.2, 0.25) is 0 Å². The van der Waals surface area contributed by atoms with Gasteiger partial charge in [0.05, 0.1) is 5.75 Å². The number of nitrogens with one attached hydrogen (secondary N) is 2. The van der Waals surface area contributed by atoms with Gasteiger partial charge in [-0.2, -0.15) is 11.8 Å². The maximum absolute atomic E-state index is 12.1. The first-order chi connectivity index (χ1) is 9.97. The number of aryl methyl sites for hydroxylation is 2. The molecule has 0 spiro atoms. The Morgan fingerprint density at radius 1 is 1.24 bits per heavy atom. The van der Waals surface area contributed by atoms with E-state index in [1.54, 1.807) is 6.07 Å². The average Bonchev–Trinajstić information content (AvgIpc) is 2.37. The molecule has 7 nitrogen and oxygen atoms in total. The summed E-state index contributed by atoms with van der Waals surface area (Å²) in [6, 6.07) is 2.96. The molecule has 0 unspecified atom stereocenters. The number of carbonyl (C=O) groups excluding carboxylic acids is 1. The van der Waals surface area contributed by atoms with Gasteiger partial charge in [0, 0.05) is 17.5 Å². The van der Waals surface area contributed by atoms with E-state index in [4.69, 9.17) is 0 Å². The van der Waals surface area contributed by atoms with E-state index in [0.29, 0.717) is 11.6 Å². The van der Waals surface area contributed by atoms with Gasteiger partial charge in [-0.3, -0.25) is 14.9 Å². The fourth-order valence-corrected chi connectivity index (χ4v) is 2.19. The summed E-state index contributed by atoms with van der Waals surface area (Å²) >= 11 is 1.50. The molecule has 0 aliphatic carbocycles. The number of aromatic nitrogens is 4. The maximum Gasteiger partial charge on any atom is 0.276 e. The second kappa shape index (κ2) is 6.49. The zero-order chi connectivity index (χ0) is 15.4. The van der Waals surface area contributed by atoms with Gasteiger partial charge in [0.2, 0.25) is 5.95 Å². The van der Waals surface area contributed by atoms with E-state index in [9.17, 15) is 9.59 Å². The number of rotatable bonds is 4. The summed E-state index contributed by atoms with van der Waals surface area (Å²) in [5, 5.41) is 2.55. The molecule has 2 N–H and O–H groups in total. The fraction of sp³-hybridized carbons (Fsp3) is 0.308.